The van der Waals surface area contributed by atoms with Crippen LogP contribution in [0.25, 0.3) is 0 Å². The third-order valence-corrected chi connectivity index (χ3v) is 1.92. The van der Waals surface area contributed by atoms with Gasteiger partial charge in [0.25, 0.3) is 0 Å². The number of benzene rings is 1. The summed E-state index contributed by atoms with van der Waals surface area (Å²) in [5, 5.41) is 8.60. The molecule has 0 radical (unpaired) electrons. The van der Waals surface area contributed by atoms with Crippen LogP contribution in [0, 0.1) is 18.3 Å². The number of hydrogen-bond donors (Lipinski definition) is 1. The van der Waals surface area contributed by atoms with E-state index in [-0.39, 0.29) is 0 Å². The first-order valence-corrected chi connectivity index (χ1v) is 3.98. The van der Waals surface area contributed by atoms with Crippen molar-refractivity contribution >= 4 is 0 Å². The molecular formula is C10H12N2O. The molecule has 0 aliphatic carbocycles. The predicted octanol–water partition coefficient (Wildman–Crippen LogP) is 1.53. The number of methoxy groups -OCH3 is 1. The fourth-order valence-electron chi connectivity index (χ4n) is 1.17. The Labute approximate surface area is 77.7 Å². The zero-order valence-electron chi connectivity index (χ0n) is 7.74. The first-order chi connectivity index (χ1) is 6.19. The zero-order valence-corrected chi connectivity index (χ0v) is 7.74. The highest BCUT2D eigenvalue weighted by atomic mass is 16.5. The van der Waals surface area contributed by atoms with E-state index in [9.17, 15) is 0 Å². The van der Waals surface area contributed by atoms with E-state index in [0.717, 1.165) is 16.9 Å². The smallest absolute Gasteiger partial charge is 0.121 e. The van der Waals surface area contributed by atoms with Crippen molar-refractivity contribution in [2.75, 3.05) is 7.11 Å². The molecule has 0 aliphatic heterocycles. The molecule has 1 rings (SSSR count). The van der Waals surface area contributed by atoms with Crippen molar-refractivity contribution in [3.63, 3.8) is 0 Å². The molecule has 0 aromatic heterocycles. The summed E-state index contributed by atoms with van der Waals surface area (Å²) in [5.74, 6) is 0.814. The van der Waals surface area contributed by atoms with Crippen molar-refractivity contribution in [2.24, 2.45) is 5.73 Å². The van der Waals surface area contributed by atoms with Gasteiger partial charge >= 0.3 is 0 Å². The topological polar surface area (TPSA) is 59.0 Å². The van der Waals surface area contributed by atoms with Crippen molar-refractivity contribution in [2.45, 2.75) is 13.0 Å². The second kappa shape index (κ2) is 3.92. The monoisotopic (exact) mass is 176 g/mol. The van der Waals surface area contributed by atoms with E-state index in [1.807, 2.05) is 25.1 Å². The molecule has 0 saturated heterocycles. The van der Waals surface area contributed by atoms with Crippen molar-refractivity contribution in [3.8, 4) is 11.8 Å². The molecule has 3 nitrogen and oxygen atoms in total. The summed E-state index contributed by atoms with van der Waals surface area (Å²) in [7, 11) is 1.62. The van der Waals surface area contributed by atoms with Crippen LogP contribution in [0.15, 0.2) is 18.2 Å². The first-order valence-electron chi connectivity index (χ1n) is 3.98. The number of aryl methyl sites for hydroxylation is 1. The second-order valence-corrected chi connectivity index (χ2v) is 2.84. The van der Waals surface area contributed by atoms with E-state index in [1.165, 1.54) is 0 Å². The predicted molar refractivity (Wildman–Crippen MR) is 50.3 cm³/mol. The molecule has 1 aromatic rings. The van der Waals surface area contributed by atoms with Gasteiger partial charge in [-0.1, -0.05) is 6.07 Å². The average Bonchev–Trinajstić information content (AvgIpc) is 2.16. The molecule has 3 heteroatoms. The van der Waals surface area contributed by atoms with Crippen LogP contribution in [-0.2, 0) is 0 Å². The van der Waals surface area contributed by atoms with Crippen molar-refractivity contribution in [1.82, 2.24) is 0 Å². The third-order valence-electron chi connectivity index (χ3n) is 1.92. The minimum Gasteiger partial charge on any atom is -0.496 e. The standard InChI is InChI=1S/C10H12N2O/c1-7-5-8(9(12)6-11)3-4-10(7)13-2/h3-5,9H,12H2,1-2H3. The summed E-state index contributed by atoms with van der Waals surface area (Å²) in [6, 6.07) is 6.93. The Morgan fingerprint density at radius 3 is 2.69 bits per heavy atom. The van der Waals surface area contributed by atoms with E-state index in [0.29, 0.717) is 0 Å². The number of hydrogen-bond acceptors (Lipinski definition) is 3. The second-order valence-electron chi connectivity index (χ2n) is 2.84. The van der Waals surface area contributed by atoms with Gasteiger partial charge in [-0.2, -0.15) is 5.26 Å². The highest BCUT2D eigenvalue weighted by Crippen LogP contribution is 2.20. The quantitative estimate of drug-likeness (QED) is 0.743. The van der Waals surface area contributed by atoms with Crippen LogP contribution >= 0.6 is 0 Å². The Balaban J connectivity index is 3.04. The van der Waals surface area contributed by atoms with Crippen molar-refractivity contribution in [3.05, 3.63) is 29.3 Å². The summed E-state index contributed by atoms with van der Waals surface area (Å²) in [5.41, 5.74) is 7.36. The molecule has 1 unspecified atom stereocenters. The molecule has 0 saturated carbocycles. The number of nitrogens with two attached hydrogens (primary N) is 1. The lowest BCUT2D eigenvalue weighted by Gasteiger charge is -2.07. The van der Waals surface area contributed by atoms with Crippen LogP contribution in [0.2, 0.25) is 0 Å². The first kappa shape index (κ1) is 9.56. The normalized spacial score (nSPS) is 11.8. The fourth-order valence-corrected chi connectivity index (χ4v) is 1.17. The van der Waals surface area contributed by atoms with Gasteiger partial charge in [-0.25, -0.2) is 0 Å². The van der Waals surface area contributed by atoms with Crippen LogP contribution in [0.4, 0.5) is 0 Å². The zero-order chi connectivity index (χ0) is 9.84. The summed E-state index contributed by atoms with van der Waals surface area (Å²) in [4.78, 5) is 0. The molecule has 0 amide bonds. The summed E-state index contributed by atoms with van der Waals surface area (Å²) < 4.78 is 5.09. The molecule has 0 bridgehead atoms. The van der Waals surface area contributed by atoms with Crippen LogP contribution in [-0.4, -0.2) is 7.11 Å². The largest absolute Gasteiger partial charge is 0.496 e. The summed E-state index contributed by atoms with van der Waals surface area (Å²) >= 11 is 0. The fraction of sp³-hybridized carbons (Fsp3) is 0.300. The molecule has 0 spiro atoms. The van der Waals surface area contributed by atoms with E-state index >= 15 is 0 Å². The van der Waals surface area contributed by atoms with Crippen LogP contribution < -0.4 is 10.5 Å². The Hall–Kier alpha value is -1.53. The van der Waals surface area contributed by atoms with Crippen molar-refractivity contribution < 1.29 is 4.74 Å². The van der Waals surface area contributed by atoms with Gasteiger partial charge < -0.3 is 10.5 Å². The van der Waals surface area contributed by atoms with Gasteiger partial charge in [0.15, 0.2) is 0 Å². The molecule has 2 N–H and O–H groups in total. The average molecular weight is 176 g/mol. The third kappa shape index (κ3) is 1.98. The Kier molecular flexibility index (Phi) is 2.88. The lowest BCUT2D eigenvalue weighted by molar-refractivity contribution is 0.411. The molecule has 0 heterocycles. The van der Waals surface area contributed by atoms with E-state index in [4.69, 9.17) is 15.7 Å². The lowest BCUT2D eigenvalue weighted by Crippen LogP contribution is -2.07. The maximum Gasteiger partial charge on any atom is 0.121 e. The van der Waals surface area contributed by atoms with E-state index in [1.54, 1.807) is 13.2 Å². The minimum absolute atomic E-state index is 0.551. The van der Waals surface area contributed by atoms with Crippen LogP contribution in [0.1, 0.15) is 17.2 Å². The maximum atomic E-state index is 8.60. The number of nitrogens with zero attached hydrogens (tertiary/aromatic N) is 1. The minimum atomic E-state index is -0.551. The van der Waals surface area contributed by atoms with Gasteiger partial charge in [-0.15, -0.1) is 0 Å². The summed E-state index contributed by atoms with van der Waals surface area (Å²) in [6.45, 7) is 1.92. The highest BCUT2D eigenvalue weighted by Gasteiger charge is 2.05. The molecule has 0 fully saturated rings. The SMILES string of the molecule is COc1ccc(C(N)C#N)cc1C. The molecular weight excluding hydrogens is 164 g/mol. The van der Waals surface area contributed by atoms with Gasteiger partial charge in [0.05, 0.1) is 13.2 Å². The van der Waals surface area contributed by atoms with Crippen LogP contribution in [0.5, 0.6) is 5.75 Å². The van der Waals surface area contributed by atoms with Gasteiger partial charge in [-0.05, 0) is 30.2 Å². The van der Waals surface area contributed by atoms with Crippen LogP contribution in [0.3, 0.4) is 0 Å². The molecule has 13 heavy (non-hydrogen) atoms. The summed E-state index contributed by atoms with van der Waals surface area (Å²) in [6.07, 6.45) is 0. The van der Waals surface area contributed by atoms with E-state index in [2.05, 4.69) is 0 Å². The van der Waals surface area contributed by atoms with Gasteiger partial charge in [0.1, 0.15) is 11.8 Å². The Morgan fingerprint density at radius 2 is 2.23 bits per heavy atom. The van der Waals surface area contributed by atoms with Crippen molar-refractivity contribution in [1.29, 1.82) is 5.26 Å². The highest BCUT2D eigenvalue weighted by molar-refractivity contribution is 5.38. The lowest BCUT2D eigenvalue weighted by atomic mass is 10.1. The molecule has 1 aromatic carbocycles. The maximum absolute atomic E-state index is 8.60. The number of rotatable bonds is 2. The van der Waals surface area contributed by atoms with E-state index < -0.39 is 6.04 Å². The van der Waals surface area contributed by atoms with Gasteiger partial charge in [0.2, 0.25) is 0 Å². The number of nitriles is 1. The Morgan fingerprint density at radius 1 is 1.54 bits per heavy atom. The Bertz CT molecular complexity index is 341. The molecule has 0 aliphatic rings. The van der Waals surface area contributed by atoms with Gasteiger partial charge in [-0.3, -0.25) is 0 Å². The molecule has 1 atom stereocenters. The van der Waals surface area contributed by atoms with Gasteiger partial charge in [0, 0.05) is 0 Å². The number of ether oxygens (including phenoxy) is 1. The molecule has 68 valence electrons.